The van der Waals surface area contributed by atoms with Crippen molar-refractivity contribution in [2.24, 2.45) is 0 Å². The Hall–Kier alpha value is -1.61. The number of hydrogen-bond acceptors (Lipinski definition) is 2. The Balaban J connectivity index is 1.81. The summed E-state index contributed by atoms with van der Waals surface area (Å²) in [6.45, 7) is 0.628. The lowest BCUT2D eigenvalue weighted by Crippen LogP contribution is -2.24. The molecule has 82 valence electrons. The van der Waals surface area contributed by atoms with Crippen LogP contribution >= 0.6 is 11.3 Å². The van der Waals surface area contributed by atoms with Crippen molar-refractivity contribution < 1.29 is 4.79 Å². The van der Waals surface area contributed by atoms with Crippen LogP contribution < -0.4 is 5.32 Å². The third-order valence-electron chi connectivity index (χ3n) is 2.25. The van der Waals surface area contributed by atoms with Gasteiger partial charge in [0.15, 0.2) is 0 Å². The van der Waals surface area contributed by atoms with E-state index in [1.165, 1.54) is 4.88 Å². The molecule has 1 heterocycles. The molecule has 0 aliphatic heterocycles. The Labute approximate surface area is 98.9 Å². The number of thiophene rings is 1. The zero-order valence-electron chi connectivity index (χ0n) is 8.85. The summed E-state index contributed by atoms with van der Waals surface area (Å²) in [7, 11) is 0. The highest BCUT2D eigenvalue weighted by atomic mass is 32.1. The number of rotatable bonds is 4. The molecule has 0 atom stereocenters. The van der Waals surface area contributed by atoms with Crippen molar-refractivity contribution in [1.82, 2.24) is 5.32 Å². The summed E-state index contributed by atoms with van der Waals surface area (Å²) < 4.78 is 0. The van der Waals surface area contributed by atoms with Crippen LogP contribution in [0.5, 0.6) is 0 Å². The van der Waals surface area contributed by atoms with E-state index in [1.807, 2.05) is 47.8 Å². The van der Waals surface area contributed by atoms with E-state index in [-0.39, 0.29) is 5.91 Å². The predicted molar refractivity (Wildman–Crippen MR) is 66.3 cm³/mol. The maximum Gasteiger partial charge on any atom is 0.224 e. The van der Waals surface area contributed by atoms with Gasteiger partial charge < -0.3 is 5.32 Å². The molecule has 2 rings (SSSR count). The second kappa shape index (κ2) is 5.47. The Morgan fingerprint density at radius 1 is 1.12 bits per heavy atom. The molecule has 0 saturated heterocycles. The summed E-state index contributed by atoms with van der Waals surface area (Å²) in [5, 5.41) is 4.92. The fourth-order valence-electron chi connectivity index (χ4n) is 1.44. The van der Waals surface area contributed by atoms with E-state index < -0.39 is 0 Å². The molecule has 2 aromatic rings. The van der Waals surface area contributed by atoms with Crippen LogP contribution in [0.25, 0.3) is 0 Å². The topological polar surface area (TPSA) is 29.1 Å². The molecule has 0 aliphatic carbocycles. The molecule has 16 heavy (non-hydrogen) atoms. The molecule has 1 aromatic heterocycles. The average Bonchev–Trinajstić information content (AvgIpc) is 2.81. The summed E-state index contributed by atoms with van der Waals surface area (Å²) in [5.41, 5.74) is 1.05. The Kier molecular flexibility index (Phi) is 3.72. The zero-order valence-corrected chi connectivity index (χ0v) is 9.67. The SMILES string of the molecule is O=C(Cc1ccccc1)NCc1cccs1. The third kappa shape index (κ3) is 3.21. The van der Waals surface area contributed by atoms with E-state index in [1.54, 1.807) is 11.3 Å². The minimum Gasteiger partial charge on any atom is -0.351 e. The molecule has 1 aromatic carbocycles. The van der Waals surface area contributed by atoms with Crippen molar-refractivity contribution in [2.45, 2.75) is 13.0 Å². The smallest absolute Gasteiger partial charge is 0.224 e. The number of hydrogen-bond donors (Lipinski definition) is 1. The van der Waals surface area contributed by atoms with E-state index in [9.17, 15) is 4.79 Å². The van der Waals surface area contributed by atoms with Crippen molar-refractivity contribution in [3.8, 4) is 0 Å². The monoisotopic (exact) mass is 231 g/mol. The van der Waals surface area contributed by atoms with Gasteiger partial charge in [0.1, 0.15) is 0 Å². The average molecular weight is 231 g/mol. The van der Waals surface area contributed by atoms with E-state index in [0.29, 0.717) is 13.0 Å². The van der Waals surface area contributed by atoms with Crippen LogP contribution in [-0.2, 0) is 17.8 Å². The van der Waals surface area contributed by atoms with Crippen LogP contribution in [0, 0.1) is 0 Å². The second-order valence-corrected chi connectivity index (χ2v) is 4.55. The quantitative estimate of drug-likeness (QED) is 0.861. The molecule has 1 N–H and O–H groups in total. The molecule has 2 nitrogen and oxygen atoms in total. The first-order valence-electron chi connectivity index (χ1n) is 5.17. The summed E-state index contributed by atoms with van der Waals surface area (Å²) in [6.07, 6.45) is 0.451. The fraction of sp³-hybridized carbons (Fsp3) is 0.154. The largest absolute Gasteiger partial charge is 0.351 e. The van der Waals surface area contributed by atoms with Crippen LogP contribution in [0.15, 0.2) is 47.8 Å². The Morgan fingerprint density at radius 3 is 2.62 bits per heavy atom. The lowest BCUT2D eigenvalue weighted by atomic mass is 10.1. The van der Waals surface area contributed by atoms with E-state index >= 15 is 0 Å². The first-order chi connectivity index (χ1) is 7.84. The highest BCUT2D eigenvalue weighted by Gasteiger charge is 2.02. The highest BCUT2D eigenvalue weighted by Crippen LogP contribution is 2.07. The van der Waals surface area contributed by atoms with Gasteiger partial charge in [0.25, 0.3) is 0 Å². The maximum absolute atomic E-state index is 11.6. The number of benzene rings is 1. The molecule has 0 radical (unpaired) electrons. The molecule has 1 amide bonds. The lowest BCUT2D eigenvalue weighted by molar-refractivity contribution is -0.120. The summed E-state index contributed by atoms with van der Waals surface area (Å²) in [4.78, 5) is 12.8. The molecular weight excluding hydrogens is 218 g/mol. The van der Waals surface area contributed by atoms with E-state index in [2.05, 4.69) is 5.32 Å². The highest BCUT2D eigenvalue weighted by molar-refractivity contribution is 7.09. The van der Waals surface area contributed by atoms with E-state index in [4.69, 9.17) is 0 Å². The fourth-order valence-corrected chi connectivity index (χ4v) is 2.09. The normalized spacial score (nSPS) is 10.0. The number of carbonyl (C=O) groups is 1. The van der Waals surface area contributed by atoms with E-state index in [0.717, 1.165) is 5.56 Å². The lowest BCUT2D eigenvalue weighted by Gasteiger charge is -2.03. The minimum absolute atomic E-state index is 0.0691. The van der Waals surface area contributed by atoms with Crippen LogP contribution in [0.4, 0.5) is 0 Å². The molecule has 0 bridgehead atoms. The first-order valence-corrected chi connectivity index (χ1v) is 6.05. The van der Waals surface area contributed by atoms with Crippen molar-refractivity contribution in [1.29, 1.82) is 0 Å². The Morgan fingerprint density at radius 2 is 1.94 bits per heavy atom. The first kappa shape index (κ1) is 10.9. The summed E-state index contributed by atoms with van der Waals surface area (Å²) in [6, 6.07) is 13.8. The van der Waals surface area contributed by atoms with Gasteiger partial charge in [-0.2, -0.15) is 0 Å². The molecule has 0 unspecified atom stereocenters. The van der Waals surface area contributed by atoms with Gasteiger partial charge in [-0.3, -0.25) is 4.79 Å². The third-order valence-corrected chi connectivity index (χ3v) is 3.12. The molecule has 0 saturated carbocycles. The molecular formula is C13H13NOS. The van der Waals surface area contributed by atoms with Gasteiger partial charge in [0.05, 0.1) is 13.0 Å². The van der Waals surface area contributed by atoms with Crippen molar-refractivity contribution in [3.63, 3.8) is 0 Å². The summed E-state index contributed by atoms with van der Waals surface area (Å²) in [5.74, 6) is 0.0691. The van der Waals surface area contributed by atoms with Gasteiger partial charge in [-0.1, -0.05) is 36.4 Å². The van der Waals surface area contributed by atoms with Gasteiger partial charge in [-0.15, -0.1) is 11.3 Å². The van der Waals surface area contributed by atoms with Gasteiger partial charge in [0.2, 0.25) is 5.91 Å². The molecule has 0 spiro atoms. The summed E-state index contributed by atoms with van der Waals surface area (Å²) >= 11 is 1.66. The van der Waals surface area contributed by atoms with Gasteiger partial charge >= 0.3 is 0 Å². The van der Waals surface area contributed by atoms with Crippen LogP contribution in [0.2, 0.25) is 0 Å². The van der Waals surface area contributed by atoms with Crippen molar-refractivity contribution in [2.75, 3.05) is 0 Å². The van der Waals surface area contributed by atoms with Gasteiger partial charge in [0, 0.05) is 4.88 Å². The van der Waals surface area contributed by atoms with Crippen LogP contribution in [-0.4, -0.2) is 5.91 Å². The molecule has 0 fully saturated rings. The van der Waals surface area contributed by atoms with Crippen molar-refractivity contribution in [3.05, 3.63) is 58.3 Å². The standard InChI is InChI=1S/C13H13NOS/c15-13(9-11-5-2-1-3-6-11)14-10-12-7-4-8-16-12/h1-8H,9-10H2,(H,14,15). The number of amides is 1. The predicted octanol–water partition coefficient (Wildman–Crippen LogP) is 2.61. The number of nitrogens with one attached hydrogen (secondary N) is 1. The Bertz CT molecular complexity index is 436. The molecule has 3 heteroatoms. The van der Waals surface area contributed by atoms with Crippen LogP contribution in [0.3, 0.4) is 0 Å². The zero-order chi connectivity index (χ0) is 11.2. The minimum atomic E-state index is 0.0691. The van der Waals surface area contributed by atoms with Gasteiger partial charge in [-0.05, 0) is 17.0 Å². The van der Waals surface area contributed by atoms with Crippen molar-refractivity contribution >= 4 is 17.2 Å². The van der Waals surface area contributed by atoms with Crippen LogP contribution in [0.1, 0.15) is 10.4 Å². The van der Waals surface area contributed by atoms with Gasteiger partial charge in [-0.25, -0.2) is 0 Å². The maximum atomic E-state index is 11.6. The number of carbonyl (C=O) groups excluding carboxylic acids is 1. The second-order valence-electron chi connectivity index (χ2n) is 3.52. The molecule has 0 aliphatic rings.